The van der Waals surface area contributed by atoms with E-state index in [4.69, 9.17) is 11.0 Å². The van der Waals surface area contributed by atoms with Crippen molar-refractivity contribution < 1.29 is 4.79 Å². The van der Waals surface area contributed by atoms with E-state index < -0.39 is 0 Å². The van der Waals surface area contributed by atoms with Crippen LogP contribution in [0.15, 0.2) is 36.5 Å². The maximum absolute atomic E-state index is 11.1. The van der Waals surface area contributed by atoms with E-state index in [2.05, 4.69) is 16.0 Å². The molecule has 1 aliphatic heterocycles. The summed E-state index contributed by atoms with van der Waals surface area (Å²) in [6.07, 6.45) is 17.3. The molecule has 198 valence electrons. The summed E-state index contributed by atoms with van der Waals surface area (Å²) in [5, 5.41) is 8.54. The Hall–Kier alpha value is -2.71. The van der Waals surface area contributed by atoms with Crippen molar-refractivity contribution >= 4 is 11.5 Å². The fourth-order valence-corrected chi connectivity index (χ4v) is 4.23. The minimum atomic E-state index is 0.0820. The second-order valence-corrected chi connectivity index (χ2v) is 9.41. The Morgan fingerprint density at radius 1 is 0.944 bits per heavy atom. The molecule has 0 radical (unpaired) electrons. The van der Waals surface area contributed by atoms with Crippen LogP contribution < -0.4 is 5.73 Å². The Labute approximate surface area is 220 Å². The molecule has 0 spiro atoms. The number of carbonyl (C=O) groups excluding carboxylic acids is 1. The molecule has 0 amide bonds. The van der Waals surface area contributed by atoms with Crippen molar-refractivity contribution in [3.8, 4) is 6.07 Å². The molecule has 4 rings (SSSR count). The summed E-state index contributed by atoms with van der Waals surface area (Å²) in [6.45, 7) is 11.0. The van der Waals surface area contributed by atoms with Gasteiger partial charge in [0.2, 0.25) is 0 Å². The minimum Gasteiger partial charge on any atom is -0.399 e. The number of hydrogen-bond donors (Lipinski definition) is 1. The van der Waals surface area contributed by atoms with E-state index in [1.165, 1.54) is 77.3 Å². The number of aromatic nitrogens is 1. The summed E-state index contributed by atoms with van der Waals surface area (Å²) in [6, 6.07) is 11.2. The van der Waals surface area contributed by atoms with Crippen LogP contribution >= 0.6 is 0 Å². The Morgan fingerprint density at radius 2 is 1.50 bits per heavy atom. The number of benzene rings is 1. The van der Waals surface area contributed by atoms with Gasteiger partial charge in [0.25, 0.3) is 0 Å². The number of hydrogen-bond acceptors (Lipinski definition) is 5. The van der Waals surface area contributed by atoms with Gasteiger partial charge in [-0.25, -0.2) is 0 Å². The topological polar surface area (TPSA) is 83.0 Å². The summed E-state index contributed by atoms with van der Waals surface area (Å²) in [5.74, 6) is 0.0820. The first-order valence-corrected chi connectivity index (χ1v) is 13.9. The molecule has 1 saturated heterocycles. The van der Waals surface area contributed by atoms with E-state index in [1.807, 2.05) is 39.0 Å². The Morgan fingerprint density at radius 3 is 1.92 bits per heavy atom. The monoisotopic (exact) mass is 492 g/mol. The van der Waals surface area contributed by atoms with Crippen molar-refractivity contribution in [2.24, 2.45) is 0 Å². The van der Waals surface area contributed by atoms with Crippen LogP contribution in [0.5, 0.6) is 0 Å². The number of likely N-dealkylation sites (tertiary alicyclic amines) is 1. The van der Waals surface area contributed by atoms with Crippen molar-refractivity contribution in [1.82, 2.24) is 9.88 Å². The van der Waals surface area contributed by atoms with E-state index >= 15 is 0 Å². The van der Waals surface area contributed by atoms with Crippen molar-refractivity contribution in [3.05, 3.63) is 58.9 Å². The zero-order chi connectivity index (χ0) is 26.6. The number of aryl methyl sites for hydroxylation is 1. The fraction of sp³-hybridized carbons (Fsp3) is 0.581. The highest BCUT2D eigenvalue weighted by Gasteiger charge is 2.11. The first-order chi connectivity index (χ1) is 17.5. The molecular weight excluding hydrogens is 444 g/mol. The molecule has 0 unspecified atom stereocenters. The molecule has 5 nitrogen and oxygen atoms in total. The lowest BCUT2D eigenvalue weighted by molar-refractivity contribution is 0.101. The highest BCUT2D eigenvalue weighted by atomic mass is 16.1. The van der Waals surface area contributed by atoms with Gasteiger partial charge in [0, 0.05) is 36.1 Å². The van der Waals surface area contributed by atoms with Crippen molar-refractivity contribution in [3.63, 3.8) is 0 Å². The van der Waals surface area contributed by atoms with E-state index in [0.717, 1.165) is 24.2 Å². The normalized spacial score (nSPS) is 15.3. The summed E-state index contributed by atoms with van der Waals surface area (Å²) >= 11 is 0. The van der Waals surface area contributed by atoms with Crippen LogP contribution in [-0.2, 0) is 6.42 Å². The number of pyridine rings is 1. The highest BCUT2D eigenvalue weighted by molar-refractivity contribution is 5.93. The minimum absolute atomic E-state index is 0.0820. The van der Waals surface area contributed by atoms with Gasteiger partial charge in [-0.1, -0.05) is 71.3 Å². The van der Waals surface area contributed by atoms with Crippen LogP contribution in [-0.4, -0.2) is 35.3 Å². The number of nitrogens with zero attached hydrogens (tertiary/aromatic N) is 3. The largest absolute Gasteiger partial charge is 0.399 e. The summed E-state index contributed by atoms with van der Waals surface area (Å²) < 4.78 is 0. The lowest BCUT2D eigenvalue weighted by Crippen LogP contribution is -2.22. The lowest BCUT2D eigenvalue weighted by Gasteiger charge is -2.13. The van der Waals surface area contributed by atoms with Gasteiger partial charge in [0.05, 0.1) is 11.6 Å². The third kappa shape index (κ3) is 13.4. The smallest absolute Gasteiger partial charge is 0.161 e. The molecule has 2 heterocycles. The highest BCUT2D eigenvalue weighted by Crippen LogP contribution is 2.15. The molecule has 2 N–H and O–H groups in total. The van der Waals surface area contributed by atoms with Gasteiger partial charge >= 0.3 is 0 Å². The Kier molecular flexibility index (Phi) is 16.9. The number of nitrogens with two attached hydrogens (primary N) is 1. The summed E-state index contributed by atoms with van der Waals surface area (Å²) in [5.41, 5.74) is 9.49. The number of ketones is 1. The third-order valence-corrected chi connectivity index (χ3v) is 6.50. The van der Waals surface area contributed by atoms with Crippen LogP contribution in [0.1, 0.15) is 112 Å². The molecule has 2 fully saturated rings. The molecule has 36 heavy (non-hydrogen) atoms. The fourth-order valence-electron chi connectivity index (χ4n) is 4.23. The molecule has 1 aromatic carbocycles. The van der Waals surface area contributed by atoms with E-state index in [0.29, 0.717) is 16.8 Å². The number of rotatable bonds is 4. The SMILES string of the molecule is C1CCCCCCC1.CC.CC(=O)c1ccc(CCN2CCCC2)nc1.Cc1ccc(N)cc1C#N. The van der Waals surface area contributed by atoms with Crippen LogP contribution in [0, 0.1) is 18.3 Å². The van der Waals surface area contributed by atoms with Gasteiger partial charge in [0.15, 0.2) is 5.78 Å². The second-order valence-electron chi connectivity index (χ2n) is 9.41. The van der Waals surface area contributed by atoms with Gasteiger partial charge in [0.1, 0.15) is 0 Å². The third-order valence-electron chi connectivity index (χ3n) is 6.50. The maximum atomic E-state index is 11.1. The molecule has 1 aromatic heterocycles. The number of anilines is 1. The summed E-state index contributed by atoms with van der Waals surface area (Å²) in [7, 11) is 0. The van der Waals surface area contributed by atoms with Crippen LogP contribution in [0.25, 0.3) is 0 Å². The molecule has 2 aromatic rings. The standard InChI is InChI=1S/C13H18N2O.C8H8N2.C8H16.C2H6/c1-11(16)12-4-5-13(14-10-12)6-9-15-7-2-3-8-15;1-6-2-3-8(10)4-7(6)5-9;1-2-4-6-8-7-5-3-1;1-2/h4-5,10H,2-3,6-9H2,1H3;2-4H,10H2,1H3;1-8H2;1-2H3. The predicted octanol–water partition coefficient (Wildman–Crippen LogP) is 7.52. The number of nitriles is 1. The van der Waals surface area contributed by atoms with Crippen molar-refractivity contribution in [1.29, 1.82) is 5.26 Å². The van der Waals surface area contributed by atoms with Gasteiger partial charge < -0.3 is 10.6 Å². The molecule has 0 atom stereocenters. The quantitative estimate of drug-likeness (QED) is 0.352. The first-order valence-electron chi connectivity index (χ1n) is 13.9. The zero-order valence-electron chi connectivity index (χ0n) is 23.2. The molecule has 0 bridgehead atoms. The average Bonchev–Trinajstić information content (AvgIpc) is 3.40. The molecule has 5 heteroatoms. The predicted molar refractivity (Wildman–Crippen MR) is 152 cm³/mol. The molecular formula is C31H48N4O. The van der Waals surface area contributed by atoms with Crippen molar-refractivity contribution in [2.75, 3.05) is 25.4 Å². The number of Topliss-reactive ketones (excluding diaryl/α,β-unsaturated/α-hetero) is 1. The van der Waals surface area contributed by atoms with Gasteiger partial charge in [-0.05, 0) is 69.6 Å². The maximum Gasteiger partial charge on any atom is 0.161 e. The van der Waals surface area contributed by atoms with Crippen molar-refractivity contribution in [2.45, 2.75) is 98.3 Å². The number of carbonyl (C=O) groups is 1. The van der Waals surface area contributed by atoms with Crippen LogP contribution in [0.3, 0.4) is 0 Å². The van der Waals surface area contributed by atoms with E-state index in [1.54, 1.807) is 25.3 Å². The van der Waals surface area contributed by atoms with Gasteiger partial charge in [-0.15, -0.1) is 0 Å². The van der Waals surface area contributed by atoms with E-state index in [9.17, 15) is 4.79 Å². The van der Waals surface area contributed by atoms with Crippen LogP contribution in [0.2, 0.25) is 0 Å². The zero-order valence-corrected chi connectivity index (χ0v) is 23.2. The van der Waals surface area contributed by atoms with Gasteiger partial charge in [-0.2, -0.15) is 5.26 Å². The van der Waals surface area contributed by atoms with E-state index in [-0.39, 0.29) is 5.78 Å². The summed E-state index contributed by atoms with van der Waals surface area (Å²) in [4.78, 5) is 17.9. The first kappa shape index (κ1) is 31.3. The van der Waals surface area contributed by atoms with Gasteiger partial charge in [-0.3, -0.25) is 9.78 Å². The average molecular weight is 493 g/mol. The second kappa shape index (κ2) is 19.5. The molecule has 1 saturated carbocycles. The Bertz CT molecular complexity index is 872. The molecule has 2 aliphatic rings. The lowest BCUT2D eigenvalue weighted by atomic mass is 10.0. The Balaban J connectivity index is 0.000000279. The molecule has 1 aliphatic carbocycles. The van der Waals surface area contributed by atoms with Crippen LogP contribution in [0.4, 0.5) is 5.69 Å². The number of nitrogen functional groups attached to an aromatic ring is 1.